The Morgan fingerprint density at radius 3 is 2.52 bits per heavy atom. The zero-order valence-electron chi connectivity index (χ0n) is 12.4. The van der Waals surface area contributed by atoms with E-state index >= 15 is 0 Å². The molecule has 0 bridgehead atoms. The average Bonchev–Trinajstić information content (AvgIpc) is 2.54. The lowest BCUT2D eigenvalue weighted by Crippen LogP contribution is -2.24. The quantitative estimate of drug-likeness (QED) is 0.730. The van der Waals surface area contributed by atoms with Gasteiger partial charge in [-0.1, -0.05) is 23.2 Å². The van der Waals surface area contributed by atoms with Crippen LogP contribution in [0.2, 0.25) is 10.0 Å². The maximum Gasteiger partial charge on any atom is 0.251 e. The molecule has 0 aromatic heterocycles. The predicted molar refractivity (Wildman–Crippen MR) is 91.6 cm³/mol. The van der Waals surface area contributed by atoms with E-state index < -0.39 is 0 Å². The molecule has 0 heterocycles. The highest BCUT2D eigenvalue weighted by atomic mass is 35.5. The Balaban J connectivity index is 1.63. The van der Waals surface area contributed by atoms with Gasteiger partial charge in [0.1, 0.15) is 11.5 Å². The Labute approximate surface area is 145 Å². The number of aromatic hydroxyl groups is 1. The van der Waals surface area contributed by atoms with E-state index in [1.807, 2.05) is 0 Å². The van der Waals surface area contributed by atoms with E-state index in [9.17, 15) is 9.90 Å². The van der Waals surface area contributed by atoms with Crippen LogP contribution in [-0.2, 0) is 0 Å². The van der Waals surface area contributed by atoms with Gasteiger partial charge >= 0.3 is 0 Å². The number of unbranched alkanes of at least 4 members (excludes halogenated alkanes) is 1. The van der Waals surface area contributed by atoms with Crippen LogP contribution in [0.25, 0.3) is 0 Å². The Hall–Kier alpha value is -1.91. The van der Waals surface area contributed by atoms with Gasteiger partial charge in [0.05, 0.1) is 11.6 Å². The molecule has 0 aliphatic heterocycles. The zero-order chi connectivity index (χ0) is 16.7. The topological polar surface area (TPSA) is 58.6 Å². The summed E-state index contributed by atoms with van der Waals surface area (Å²) in [5.41, 5.74) is 0.587. The number of phenolic OH excluding ortho intramolecular Hbond substituents is 1. The van der Waals surface area contributed by atoms with Crippen molar-refractivity contribution < 1.29 is 14.6 Å². The van der Waals surface area contributed by atoms with Crippen molar-refractivity contribution in [3.8, 4) is 11.5 Å². The molecule has 4 nitrogen and oxygen atoms in total. The molecular formula is C17H17Cl2NO3. The van der Waals surface area contributed by atoms with Gasteiger partial charge in [0.15, 0.2) is 0 Å². The van der Waals surface area contributed by atoms with Gasteiger partial charge < -0.3 is 15.2 Å². The fourth-order valence-electron chi connectivity index (χ4n) is 1.90. The molecule has 0 atom stereocenters. The second kappa shape index (κ2) is 8.65. The summed E-state index contributed by atoms with van der Waals surface area (Å²) in [7, 11) is 0. The first kappa shape index (κ1) is 17.4. The highest BCUT2D eigenvalue weighted by Gasteiger charge is 2.04. The van der Waals surface area contributed by atoms with Crippen molar-refractivity contribution in [3.05, 3.63) is 58.1 Å². The highest BCUT2D eigenvalue weighted by Crippen LogP contribution is 2.27. The average molecular weight is 354 g/mol. The number of carbonyl (C=O) groups is 1. The first-order chi connectivity index (χ1) is 11.1. The van der Waals surface area contributed by atoms with Crippen LogP contribution in [0.4, 0.5) is 0 Å². The third-order valence-electron chi connectivity index (χ3n) is 3.15. The van der Waals surface area contributed by atoms with Crippen LogP contribution in [0.15, 0.2) is 42.5 Å². The summed E-state index contributed by atoms with van der Waals surface area (Å²) < 4.78 is 5.52. The summed E-state index contributed by atoms with van der Waals surface area (Å²) in [6.45, 7) is 1.08. The highest BCUT2D eigenvalue weighted by molar-refractivity contribution is 6.32. The number of halogens is 2. The van der Waals surface area contributed by atoms with Crippen molar-refractivity contribution in [3.63, 3.8) is 0 Å². The number of nitrogens with one attached hydrogen (secondary N) is 1. The normalized spacial score (nSPS) is 10.3. The van der Waals surface area contributed by atoms with E-state index in [2.05, 4.69) is 5.32 Å². The Morgan fingerprint density at radius 2 is 1.83 bits per heavy atom. The summed E-state index contributed by atoms with van der Waals surface area (Å²) in [6, 6.07) is 11.5. The van der Waals surface area contributed by atoms with E-state index in [0.29, 0.717) is 29.5 Å². The van der Waals surface area contributed by atoms with Gasteiger partial charge in [-0.25, -0.2) is 0 Å². The van der Waals surface area contributed by atoms with Crippen LogP contribution >= 0.6 is 23.2 Å². The summed E-state index contributed by atoms with van der Waals surface area (Å²) in [5.74, 6) is 0.523. The van der Waals surface area contributed by atoms with Crippen molar-refractivity contribution in [2.45, 2.75) is 12.8 Å². The largest absolute Gasteiger partial charge is 0.506 e. The third-order valence-corrected chi connectivity index (χ3v) is 3.71. The standard InChI is InChI=1S/C17H17Cl2NO3/c18-13-5-3-12(4-6-13)17(22)20-9-1-2-10-23-14-7-8-16(21)15(19)11-14/h3-8,11,21H,1-2,9-10H2,(H,20,22). The van der Waals surface area contributed by atoms with Gasteiger partial charge in [-0.2, -0.15) is 0 Å². The molecule has 1 amide bonds. The van der Waals surface area contributed by atoms with Crippen LogP contribution in [-0.4, -0.2) is 24.2 Å². The summed E-state index contributed by atoms with van der Waals surface area (Å²) in [6.07, 6.45) is 1.59. The molecule has 2 rings (SSSR count). The van der Waals surface area contributed by atoms with E-state index in [0.717, 1.165) is 12.8 Å². The fraction of sp³-hybridized carbons (Fsp3) is 0.235. The molecule has 6 heteroatoms. The molecule has 0 saturated carbocycles. The van der Waals surface area contributed by atoms with Crippen LogP contribution in [0.5, 0.6) is 11.5 Å². The molecule has 0 spiro atoms. The molecule has 0 fully saturated rings. The summed E-state index contributed by atoms with van der Waals surface area (Å²) in [5, 5.41) is 13.0. The molecule has 0 aliphatic rings. The van der Waals surface area contributed by atoms with Crippen LogP contribution < -0.4 is 10.1 Å². The number of ether oxygens (including phenoxy) is 1. The summed E-state index contributed by atoms with van der Waals surface area (Å²) in [4.78, 5) is 11.9. The minimum absolute atomic E-state index is 0.0314. The molecule has 2 N–H and O–H groups in total. The van der Waals surface area contributed by atoms with Gasteiger partial charge in [0, 0.05) is 23.2 Å². The maximum absolute atomic E-state index is 11.9. The monoisotopic (exact) mass is 353 g/mol. The van der Waals surface area contributed by atoms with Gasteiger partial charge in [0.25, 0.3) is 5.91 Å². The molecule has 23 heavy (non-hydrogen) atoms. The van der Waals surface area contributed by atoms with Crippen LogP contribution in [0, 0.1) is 0 Å². The van der Waals surface area contributed by atoms with Crippen molar-refractivity contribution in [2.24, 2.45) is 0 Å². The van der Waals surface area contributed by atoms with Crippen molar-refractivity contribution in [2.75, 3.05) is 13.2 Å². The number of hydrogen-bond acceptors (Lipinski definition) is 3. The number of carbonyl (C=O) groups excluding carboxylic acids is 1. The Kier molecular flexibility index (Phi) is 6.56. The molecule has 0 radical (unpaired) electrons. The number of amides is 1. The van der Waals surface area contributed by atoms with E-state index in [1.54, 1.807) is 36.4 Å². The lowest BCUT2D eigenvalue weighted by molar-refractivity contribution is 0.0952. The summed E-state index contributed by atoms with van der Waals surface area (Å²) >= 11 is 11.6. The van der Waals surface area contributed by atoms with Gasteiger partial charge in [-0.15, -0.1) is 0 Å². The molecule has 0 saturated heterocycles. The zero-order valence-corrected chi connectivity index (χ0v) is 13.9. The second-order valence-electron chi connectivity index (χ2n) is 4.93. The number of rotatable bonds is 7. The lowest BCUT2D eigenvalue weighted by atomic mass is 10.2. The smallest absolute Gasteiger partial charge is 0.251 e. The molecular weight excluding hydrogens is 337 g/mol. The van der Waals surface area contributed by atoms with Crippen LogP contribution in [0.1, 0.15) is 23.2 Å². The second-order valence-corrected chi connectivity index (χ2v) is 5.78. The molecule has 2 aromatic rings. The number of benzene rings is 2. The first-order valence-electron chi connectivity index (χ1n) is 7.21. The number of phenols is 1. The predicted octanol–water partition coefficient (Wildman–Crippen LogP) is 4.29. The molecule has 0 aliphatic carbocycles. The first-order valence-corrected chi connectivity index (χ1v) is 7.97. The van der Waals surface area contributed by atoms with E-state index in [4.69, 9.17) is 27.9 Å². The van der Waals surface area contributed by atoms with Crippen molar-refractivity contribution in [1.29, 1.82) is 0 Å². The SMILES string of the molecule is O=C(NCCCCOc1ccc(O)c(Cl)c1)c1ccc(Cl)cc1. The third kappa shape index (κ3) is 5.66. The Bertz CT molecular complexity index is 659. The molecule has 0 unspecified atom stereocenters. The maximum atomic E-state index is 11.9. The Morgan fingerprint density at radius 1 is 1.09 bits per heavy atom. The lowest BCUT2D eigenvalue weighted by Gasteiger charge is -2.08. The number of hydrogen-bond donors (Lipinski definition) is 2. The minimum Gasteiger partial charge on any atom is -0.506 e. The van der Waals surface area contributed by atoms with Gasteiger partial charge in [-0.05, 0) is 49.2 Å². The van der Waals surface area contributed by atoms with E-state index in [1.165, 1.54) is 6.07 Å². The minimum atomic E-state index is -0.118. The van der Waals surface area contributed by atoms with Gasteiger partial charge in [0.2, 0.25) is 0 Å². The molecule has 2 aromatic carbocycles. The van der Waals surface area contributed by atoms with E-state index in [-0.39, 0.29) is 16.7 Å². The van der Waals surface area contributed by atoms with Crippen molar-refractivity contribution in [1.82, 2.24) is 5.32 Å². The van der Waals surface area contributed by atoms with Crippen molar-refractivity contribution >= 4 is 29.1 Å². The molecule has 122 valence electrons. The van der Waals surface area contributed by atoms with Gasteiger partial charge in [-0.3, -0.25) is 4.79 Å². The van der Waals surface area contributed by atoms with Crippen LogP contribution in [0.3, 0.4) is 0 Å². The fourth-order valence-corrected chi connectivity index (χ4v) is 2.20.